The lowest BCUT2D eigenvalue weighted by Gasteiger charge is -2.38. The third-order valence-corrected chi connectivity index (χ3v) is 8.98. The molecule has 2 fully saturated rings. The Balaban J connectivity index is 1.56. The van der Waals surface area contributed by atoms with Crippen LogP contribution in [-0.2, 0) is 30.7 Å². The minimum atomic E-state index is -3.97. The predicted octanol–water partition coefficient (Wildman–Crippen LogP) is 2.77. The lowest BCUT2D eigenvalue weighted by atomic mass is 9.90. The maximum atomic E-state index is 13.6. The van der Waals surface area contributed by atoms with Gasteiger partial charge in [-0.3, -0.25) is 0 Å². The summed E-state index contributed by atoms with van der Waals surface area (Å²) < 4.78 is 45.3. The van der Waals surface area contributed by atoms with Gasteiger partial charge in [-0.2, -0.15) is 4.31 Å². The Bertz CT molecular complexity index is 1210. The molecule has 10 nitrogen and oxygen atoms in total. The second-order valence-electron chi connectivity index (χ2n) is 11.0. The number of nitrogens with two attached hydrogens (primary N) is 1. The number of rotatable bonds is 11. The lowest BCUT2D eigenvalue weighted by molar-refractivity contribution is -0.0907. The fraction of sp³-hybridized carbons (Fsp3) is 0.536. The van der Waals surface area contributed by atoms with Gasteiger partial charge in [0.1, 0.15) is 6.10 Å². The molecule has 0 saturated carbocycles. The summed E-state index contributed by atoms with van der Waals surface area (Å²) in [7, 11) is -3.97. The van der Waals surface area contributed by atoms with E-state index in [2.05, 4.69) is 5.32 Å². The number of carbonyl (C=O) groups excluding carboxylic acids is 1. The summed E-state index contributed by atoms with van der Waals surface area (Å²) >= 11 is 0. The van der Waals surface area contributed by atoms with Gasteiger partial charge in [-0.05, 0) is 55.5 Å². The highest BCUT2D eigenvalue weighted by Gasteiger charge is 2.45. The molecule has 2 aromatic rings. The van der Waals surface area contributed by atoms with Crippen molar-refractivity contribution in [3.63, 3.8) is 0 Å². The molecule has 2 heterocycles. The van der Waals surface area contributed by atoms with E-state index in [1.54, 1.807) is 0 Å². The Hall–Kier alpha value is -2.70. The minimum absolute atomic E-state index is 0.0150. The van der Waals surface area contributed by atoms with Crippen molar-refractivity contribution in [2.24, 2.45) is 11.8 Å². The number of nitrogens with one attached hydrogen (secondary N) is 1. The number of nitrogens with zero attached hydrogens (tertiary/aromatic N) is 1. The second-order valence-corrected chi connectivity index (χ2v) is 12.9. The molecule has 0 aliphatic carbocycles. The molecule has 4 rings (SSSR count). The van der Waals surface area contributed by atoms with Crippen LogP contribution < -0.4 is 11.1 Å². The van der Waals surface area contributed by atoms with E-state index in [9.17, 15) is 18.3 Å². The first-order valence-electron chi connectivity index (χ1n) is 13.3. The van der Waals surface area contributed by atoms with Crippen molar-refractivity contribution in [3.8, 4) is 0 Å². The molecule has 0 bridgehead atoms. The molecule has 1 amide bonds. The van der Waals surface area contributed by atoms with Crippen LogP contribution in [0.25, 0.3) is 0 Å². The van der Waals surface area contributed by atoms with Gasteiger partial charge in [-0.25, -0.2) is 13.2 Å². The summed E-state index contributed by atoms with van der Waals surface area (Å²) in [4.78, 5) is 13.1. The zero-order valence-electron chi connectivity index (χ0n) is 22.7. The molecule has 0 aromatic heterocycles. The van der Waals surface area contributed by atoms with E-state index in [0.29, 0.717) is 12.3 Å². The molecule has 2 aromatic carbocycles. The SMILES string of the molecule is CC(C)CN(C[C@@](C)(O)[C@H](Cc1ccccc1)NC(=O)O[C@H]1CO[C@H]2OCC[C@H]21)S(=O)(=O)c1ccc(N)cc1. The van der Waals surface area contributed by atoms with Crippen LogP contribution in [0.4, 0.5) is 10.5 Å². The summed E-state index contributed by atoms with van der Waals surface area (Å²) in [5.74, 6) is -0.0470. The second kappa shape index (κ2) is 12.2. The quantitative estimate of drug-likeness (QED) is 0.356. The van der Waals surface area contributed by atoms with Crippen LogP contribution in [0, 0.1) is 11.8 Å². The summed E-state index contributed by atoms with van der Waals surface area (Å²) in [6.07, 6.45) is -0.524. The molecule has 4 N–H and O–H groups in total. The fourth-order valence-electron chi connectivity index (χ4n) is 5.05. The lowest BCUT2D eigenvalue weighted by Crippen LogP contribution is -2.58. The molecule has 39 heavy (non-hydrogen) atoms. The van der Waals surface area contributed by atoms with Crippen molar-refractivity contribution in [2.75, 3.05) is 32.0 Å². The first-order chi connectivity index (χ1) is 18.5. The van der Waals surface area contributed by atoms with E-state index in [0.717, 1.165) is 12.0 Å². The van der Waals surface area contributed by atoms with Crippen LogP contribution in [0.1, 0.15) is 32.8 Å². The molecular formula is C28H39N3O7S. The van der Waals surface area contributed by atoms with Gasteiger partial charge in [0.2, 0.25) is 10.0 Å². The summed E-state index contributed by atoms with van der Waals surface area (Å²) in [6.45, 7) is 6.06. The largest absolute Gasteiger partial charge is 0.443 e. The van der Waals surface area contributed by atoms with Gasteiger partial charge in [-0.15, -0.1) is 0 Å². The van der Waals surface area contributed by atoms with E-state index in [1.165, 1.54) is 35.5 Å². The number of hydrogen-bond acceptors (Lipinski definition) is 8. The minimum Gasteiger partial charge on any atom is -0.443 e. The predicted molar refractivity (Wildman–Crippen MR) is 146 cm³/mol. The Labute approximate surface area is 230 Å². The van der Waals surface area contributed by atoms with Crippen molar-refractivity contribution < 1.29 is 32.5 Å². The topological polar surface area (TPSA) is 140 Å². The zero-order valence-corrected chi connectivity index (χ0v) is 23.5. The van der Waals surface area contributed by atoms with Crippen molar-refractivity contribution in [1.29, 1.82) is 0 Å². The van der Waals surface area contributed by atoms with Crippen LogP contribution in [0.2, 0.25) is 0 Å². The zero-order chi connectivity index (χ0) is 28.2. The van der Waals surface area contributed by atoms with Gasteiger partial charge in [0.15, 0.2) is 6.29 Å². The molecule has 2 saturated heterocycles. The third-order valence-electron chi connectivity index (χ3n) is 7.15. The Morgan fingerprint density at radius 1 is 1.18 bits per heavy atom. The number of nitrogen functional groups attached to an aromatic ring is 1. The molecule has 0 radical (unpaired) electrons. The standard InChI is InChI=1S/C28H39N3O7S/c1-19(2)16-31(39(34,35)22-11-9-21(29)10-12-22)18-28(3,33)25(15-20-7-5-4-6-8-20)30-27(32)38-24-17-37-26-23(24)13-14-36-26/h4-12,19,23-26,33H,13-18,29H2,1-3H3,(H,30,32)/t23-,24-,25-,26+,28+/m0/s1. The van der Waals surface area contributed by atoms with Gasteiger partial charge < -0.3 is 30.4 Å². The van der Waals surface area contributed by atoms with Gasteiger partial charge in [0, 0.05) is 18.8 Å². The van der Waals surface area contributed by atoms with Gasteiger partial charge in [0.25, 0.3) is 0 Å². The number of ether oxygens (including phenoxy) is 3. The van der Waals surface area contributed by atoms with Crippen LogP contribution in [0.3, 0.4) is 0 Å². The van der Waals surface area contributed by atoms with E-state index < -0.39 is 33.9 Å². The van der Waals surface area contributed by atoms with Gasteiger partial charge >= 0.3 is 6.09 Å². The summed E-state index contributed by atoms with van der Waals surface area (Å²) in [5, 5.41) is 14.6. The Morgan fingerprint density at radius 3 is 2.54 bits per heavy atom. The third kappa shape index (κ3) is 7.29. The van der Waals surface area contributed by atoms with Gasteiger partial charge in [0.05, 0.1) is 35.7 Å². The number of amides is 1. The molecular weight excluding hydrogens is 522 g/mol. The number of benzene rings is 2. The number of hydrogen-bond donors (Lipinski definition) is 3. The Morgan fingerprint density at radius 2 is 1.87 bits per heavy atom. The van der Waals surface area contributed by atoms with Crippen molar-refractivity contribution in [1.82, 2.24) is 9.62 Å². The number of alkyl carbamates (subject to hydrolysis) is 1. The maximum Gasteiger partial charge on any atom is 0.407 e. The van der Waals surface area contributed by atoms with E-state index in [-0.39, 0.29) is 49.1 Å². The summed E-state index contributed by atoms with van der Waals surface area (Å²) in [5.41, 5.74) is 5.42. The smallest absolute Gasteiger partial charge is 0.407 e. The van der Waals surface area contributed by atoms with Crippen LogP contribution in [0.5, 0.6) is 0 Å². The van der Waals surface area contributed by atoms with Crippen LogP contribution in [0.15, 0.2) is 59.5 Å². The fourth-order valence-corrected chi connectivity index (χ4v) is 6.75. The molecule has 0 unspecified atom stereocenters. The molecule has 11 heteroatoms. The first kappa shape index (κ1) is 29.3. The van der Waals surface area contributed by atoms with Crippen molar-refractivity contribution >= 4 is 21.8 Å². The number of sulfonamides is 1. The highest BCUT2D eigenvalue weighted by molar-refractivity contribution is 7.89. The van der Waals surface area contributed by atoms with E-state index >= 15 is 0 Å². The number of aliphatic hydroxyl groups is 1. The number of anilines is 1. The average molecular weight is 562 g/mol. The normalized spacial score (nSPS) is 23.4. The molecule has 0 spiro atoms. The molecule has 214 valence electrons. The average Bonchev–Trinajstić information content (AvgIpc) is 3.49. The summed E-state index contributed by atoms with van der Waals surface area (Å²) in [6, 6.07) is 14.5. The highest BCUT2D eigenvalue weighted by atomic mass is 32.2. The highest BCUT2D eigenvalue weighted by Crippen LogP contribution is 2.33. The van der Waals surface area contributed by atoms with Crippen molar-refractivity contribution in [2.45, 2.75) is 62.5 Å². The van der Waals surface area contributed by atoms with Gasteiger partial charge in [-0.1, -0.05) is 44.2 Å². The molecule has 5 atom stereocenters. The maximum absolute atomic E-state index is 13.6. The number of fused-ring (bicyclic) bond motifs is 1. The first-order valence-corrected chi connectivity index (χ1v) is 14.7. The van der Waals surface area contributed by atoms with Crippen molar-refractivity contribution in [3.05, 3.63) is 60.2 Å². The monoisotopic (exact) mass is 561 g/mol. The van der Waals surface area contributed by atoms with Crippen LogP contribution in [-0.4, -0.2) is 74.3 Å². The van der Waals surface area contributed by atoms with Crippen LogP contribution >= 0.6 is 0 Å². The Kier molecular flexibility index (Phi) is 9.18. The number of carbonyl (C=O) groups is 1. The van der Waals surface area contributed by atoms with E-state index in [4.69, 9.17) is 19.9 Å². The molecule has 2 aliphatic rings. The van der Waals surface area contributed by atoms with E-state index in [1.807, 2.05) is 44.2 Å². The molecule has 2 aliphatic heterocycles.